The van der Waals surface area contributed by atoms with Crippen molar-refractivity contribution in [3.05, 3.63) is 65.7 Å². The van der Waals surface area contributed by atoms with E-state index in [2.05, 4.69) is 5.16 Å². The number of rotatable bonds is 6. The van der Waals surface area contributed by atoms with Gasteiger partial charge in [-0.2, -0.15) is 0 Å². The van der Waals surface area contributed by atoms with Crippen LogP contribution in [-0.2, 0) is 21.0 Å². The van der Waals surface area contributed by atoms with Crippen LogP contribution in [0.4, 0.5) is 0 Å². The van der Waals surface area contributed by atoms with Gasteiger partial charge < -0.3 is 14.3 Å². The van der Waals surface area contributed by atoms with Gasteiger partial charge in [-0.3, -0.25) is 0 Å². The molecule has 5 nitrogen and oxygen atoms in total. The third-order valence-electron chi connectivity index (χ3n) is 2.92. The minimum absolute atomic E-state index is 0.0927. The average molecular weight is 299 g/mol. The fourth-order valence-electron chi connectivity index (χ4n) is 1.87. The van der Waals surface area contributed by atoms with Gasteiger partial charge in [0.1, 0.15) is 19.5 Å². The van der Waals surface area contributed by atoms with E-state index in [1.807, 2.05) is 36.4 Å². The van der Waals surface area contributed by atoms with Crippen molar-refractivity contribution in [2.45, 2.75) is 6.61 Å². The number of oxime groups is 1. The monoisotopic (exact) mass is 299 g/mol. The average Bonchev–Trinajstić information content (AvgIpc) is 2.58. The van der Waals surface area contributed by atoms with Crippen LogP contribution in [0.25, 0.3) is 0 Å². The zero-order chi connectivity index (χ0) is 15.8. The van der Waals surface area contributed by atoms with Crippen molar-refractivity contribution in [3.63, 3.8) is 0 Å². The lowest BCUT2D eigenvalue weighted by atomic mass is 10.1. The summed E-state index contributed by atoms with van der Waals surface area (Å²) in [6.07, 6.45) is 0. The summed E-state index contributed by atoms with van der Waals surface area (Å²) in [5.41, 5.74) is 1.72. The number of methoxy groups -OCH3 is 1. The fraction of sp³-hybridized carbons (Fsp3) is 0.176. The Morgan fingerprint density at radius 1 is 1.05 bits per heavy atom. The summed E-state index contributed by atoms with van der Waals surface area (Å²) in [4.78, 5) is 16.4. The quantitative estimate of drug-likeness (QED) is 0.467. The molecule has 0 fully saturated rings. The van der Waals surface area contributed by atoms with Gasteiger partial charge in [0, 0.05) is 5.56 Å². The molecule has 0 aliphatic carbocycles. The van der Waals surface area contributed by atoms with Gasteiger partial charge in [0.25, 0.3) is 0 Å². The summed E-state index contributed by atoms with van der Waals surface area (Å²) in [5.74, 6) is 0.0659. The van der Waals surface area contributed by atoms with E-state index in [9.17, 15) is 4.79 Å². The highest BCUT2D eigenvalue weighted by Gasteiger charge is 2.16. The molecule has 0 N–H and O–H groups in total. The number of hydrogen-bond donors (Lipinski definition) is 0. The Labute approximate surface area is 129 Å². The lowest BCUT2D eigenvalue weighted by Crippen LogP contribution is -2.17. The van der Waals surface area contributed by atoms with Crippen LogP contribution in [0, 0.1) is 0 Å². The first-order chi connectivity index (χ1) is 10.7. The molecule has 0 aliphatic heterocycles. The summed E-state index contributed by atoms with van der Waals surface area (Å²) in [6, 6.07) is 16.9. The molecule has 0 heterocycles. The van der Waals surface area contributed by atoms with E-state index in [0.29, 0.717) is 17.9 Å². The second-order valence-corrected chi connectivity index (χ2v) is 4.42. The highest BCUT2D eigenvalue weighted by molar-refractivity contribution is 6.43. The number of benzene rings is 2. The van der Waals surface area contributed by atoms with Crippen LogP contribution >= 0.6 is 0 Å². The van der Waals surface area contributed by atoms with E-state index >= 15 is 0 Å². The Bertz CT molecular complexity index is 653. The van der Waals surface area contributed by atoms with E-state index in [-0.39, 0.29) is 5.71 Å². The molecule has 0 saturated heterocycles. The maximum atomic E-state index is 11.7. The first-order valence-electron chi connectivity index (χ1n) is 6.71. The molecular weight excluding hydrogens is 282 g/mol. The number of esters is 1. The molecule has 2 rings (SSSR count). The number of hydrogen-bond acceptors (Lipinski definition) is 5. The molecule has 22 heavy (non-hydrogen) atoms. The van der Waals surface area contributed by atoms with Gasteiger partial charge in [-0.25, -0.2) is 4.79 Å². The van der Waals surface area contributed by atoms with Gasteiger partial charge >= 0.3 is 5.97 Å². The zero-order valence-electron chi connectivity index (χ0n) is 12.5. The largest absolute Gasteiger partial charge is 0.489 e. The minimum atomic E-state index is -0.568. The SMILES string of the molecule is CON=C(C(=O)OC)c1cccc(OCc2ccccc2)c1. The van der Waals surface area contributed by atoms with Crippen LogP contribution in [0.5, 0.6) is 5.75 Å². The Morgan fingerprint density at radius 3 is 2.50 bits per heavy atom. The van der Waals surface area contributed by atoms with E-state index in [0.717, 1.165) is 5.56 Å². The summed E-state index contributed by atoms with van der Waals surface area (Å²) in [7, 11) is 2.67. The summed E-state index contributed by atoms with van der Waals surface area (Å²) < 4.78 is 10.4. The summed E-state index contributed by atoms with van der Waals surface area (Å²) in [6.45, 7) is 0.444. The first-order valence-corrected chi connectivity index (χ1v) is 6.71. The molecule has 5 heteroatoms. The maximum Gasteiger partial charge on any atom is 0.360 e. The molecule has 2 aromatic carbocycles. The van der Waals surface area contributed by atoms with Crippen molar-refractivity contribution in [3.8, 4) is 5.75 Å². The second kappa shape index (κ2) is 7.83. The van der Waals surface area contributed by atoms with Crippen LogP contribution in [-0.4, -0.2) is 25.9 Å². The van der Waals surface area contributed by atoms with Crippen LogP contribution in [0.2, 0.25) is 0 Å². The number of carbonyl (C=O) groups is 1. The van der Waals surface area contributed by atoms with Crippen molar-refractivity contribution in [2.75, 3.05) is 14.2 Å². The summed E-state index contributed by atoms with van der Waals surface area (Å²) in [5, 5.41) is 3.71. The first kappa shape index (κ1) is 15.6. The lowest BCUT2D eigenvalue weighted by molar-refractivity contribution is -0.132. The molecule has 0 aromatic heterocycles. The van der Waals surface area contributed by atoms with Crippen molar-refractivity contribution < 1.29 is 19.1 Å². The highest BCUT2D eigenvalue weighted by Crippen LogP contribution is 2.16. The Balaban J connectivity index is 2.15. The Kier molecular flexibility index (Phi) is 5.54. The second-order valence-electron chi connectivity index (χ2n) is 4.42. The zero-order valence-corrected chi connectivity index (χ0v) is 12.5. The molecule has 0 amide bonds. The third-order valence-corrected chi connectivity index (χ3v) is 2.92. The van der Waals surface area contributed by atoms with Gasteiger partial charge in [0.2, 0.25) is 0 Å². The molecule has 0 unspecified atom stereocenters. The summed E-state index contributed by atoms with van der Waals surface area (Å²) >= 11 is 0. The fourth-order valence-corrected chi connectivity index (χ4v) is 1.87. The van der Waals surface area contributed by atoms with Crippen molar-refractivity contribution in [2.24, 2.45) is 5.16 Å². The molecule has 0 saturated carbocycles. The van der Waals surface area contributed by atoms with E-state index < -0.39 is 5.97 Å². The van der Waals surface area contributed by atoms with Crippen LogP contribution in [0.3, 0.4) is 0 Å². The van der Waals surface area contributed by atoms with Crippen molar-refractivity contribution >= 4 is 11.7 Å². The van der Waals surface area contributed by atoms with Crippen LogP contribution < -0.4 is 4.74 Å². The smallest absolute Gasteiger partial charge is 0.360 e. The van der Waals surface area contributed by atoms with E-state index in [1.54, 1.807) is 18.2 Å². The van der Waals surface area contributed by atoms with Gasteiger partial charge in [-0.15, -0.1) is 0 Å². The number of nitrogens with zero attached hydrogens (tertiary/aromatic N) is 1. The normalized spacial score (nSPS) is 10.9. The predicted molar refractivity (Wildman–Crippen MR) is 82.8 cm³/mol. The molecule has 114 valence electrons. The maximum absolute atomic E-state index is 11.7. The molecule has 0 radical (unpaired) electrons. The van der Waals surface area contributed by atoms with Crippen molar-refractivity contribution in [1.82, 2.24) is 0 Å². The predicted octanol–water partition coefficient (Wildman–Crippen LogP) is 2.79. The minimum Gasteiger partial charge on any atom is -0.489 e. The van der Waals surface area contributed by atoms with E-state index in [1.165, 1.54) is 14.2 Å². The molecule has 2 aromatic rings. The molecular formula is C17H17NO4. The van der Waals surface area contributed by atoms with Gasteiger partial charge in [0.05, 0.1) is 7.11 Å². The molecule has 0 bridgehead atoms. The van der Waals surface area contributed by atoms with Gasteiger partial charge in [-0.05, 0) is 17.7 Å². The Hall–Kier alpha value is -2.82. The van der Waals surface area contributed by atoms with Crippen molar-refractivity contribution in [1.29, 1.82) is 0 Å². The topological polar surface area (TPSA) is 57.1 Å². The number of ether oxygens (including phenoxy) is 2. The lowest BCUT2D eigenvalue weighted by Gasteiger charge is -2.09. The van der Waals surface area contributed by atoms with Gasteiger partial charge in [-0.1, -0.05) is 47.6 Å². The van der Waals surface area contributed by atoms with Gasteiger partial charge in [0.15, 0.2) is 5.71 Å². The number of carbonyl (C=O) groups excluding carboxylic acids is 1. The third kappa shape index (κ3) is 4.09. The molecule has 0 spiro atoms. The highest BCUT2D eigenvalue weighted by atomic mass is 16.6. The Morgan fingerprint density at radius 2 is 1.82 bits per heavy atom. The van der Waals surface area contributed by atoms with Crippen LogP contribution in [0.1, 0.15) is 11.1 Å². The van der Waals surface area contributed by atoms with E-state index in [4.69, 9.17) is 14.3 Å². The molecule has 0 atom stereocenters. The molecule has 0 aliphatic rings. The standard InChI is InChI=1S/C17H17NO4/c1-20-17(19)16(18-21-2)14-9-6-10-15(11-14)22-12-13-7-4-3-5-8-13/h3-11H,12H2,1-2H3. The van der Waals surface area contributed by atoms with Crippen LogP contribution in [0.15, 0.2) is 59.8 Å².